The van der Waals surface area contributed by atoms with E-state index in [1.54, 1.807) is 6.07 Å². The number of nitrogens with one attached hydrogen (secondary N) is 1. The number of fused-ring (bicyclic) bond motifs is 4. The number of piperidine rings is 3. The summed E-state index contributed by atoms with van der Waals surface area (Å²) in [5.74, 6) is 0.164. The third-order valence-electron chi connectivity index (χ3n) is 4.52. The van der Waals surface area contributed by atoms with E-state index in [4.69, 9.17) is 0 Å². The molecule has 7 heteroatoms. The molecule has 2 bridgehead atoms. The Morgan fingerprint density at radius 3 is 2.82 bits per heavy atom. The first-order valence-corrected chi connectivity index (χ1v) is 8.10. The Balaban J connectivity index is 0.00000144. The normalized spacial score (nSPS) is 26.7. The van der Waals surface area contributed by atoms with Crippen molar-refractivity contribution in [2.45, 2.75) is 18.9 Å². The standard InChI is InChI=1S/C15H16FN3OS.ClH/c16-10-1-2-11-13(7-10)21-15(18-11)14(20)17-12-8-19-5-3-9(12)4-6-19;/h1-2,7,9,12H,3-6,8H2,(H,17,20);1H/t12-;/m0./s1. The van der Waals surface area contributed by atoms with Crippen LogP contribution in [0.25, 0.3) is 10.2 Å². The van der Waals surface area contributed by atoms with Gasteiger partial charge in [0.1, 0.15) is 5.82 Å². The Morgan fingerprint density at radius 2 is 2.14 bits per heavy atom. The Kier molecular flexibility index (Phi) is 4.34. The predicted molar refractivity (Wildman–Crippen MR) is 87.2 cm³/mol. The number of benzene rings is 1. The SMILES string of the molecule is Cl.O=C(N[C@H]1CN2CCC1CC2)c1nc2ccc(F)cc2s1. The van der Waals surface area contributed by atoms with Crippen LogP contribution in [0, 0.1) is 11.7 Å². The van der Waals surface area contributed by atoms with Crippen LogP contribution >= 0.6 is 23.7 Å². The van der Waals surface area contributed by atoms with Gasteiger partial charge >= 0.3 is 0 Å². The van der Waals surface area contributed by atoms with E-state index in [1.165, 1.54) is 23.5 Å². The van der Waals surface area contributed by atoms with Crippen LogP contribution < -0.4 is 5.32 Å². The number of halogens is 2. The van der Waals surface area contributed by atoms with Crippen LogP contribution in [-0.2, 0) is 0 Å². The molecular formula is C15H17ClFN3OS. The molecule has 0 unspecified atom stereocenters. The maximum atomic E-state index is 13.2. The highest BCUT2D eigenvalue weighted by Gasteiger charge is 2.35. The molecule has 1 N–H and O–H groups in total. The summed E-state index contributed by atoms with van der Waals surface area (Å²) >= 11 is 1.25. The van der Waals surface area contributed by atoms with Crippen molar-refractivity contribution in [3.05, 3.63) is 29.0 Å². The number of rotatable bonds is 2. The Morgan fingerprint density at radius 1 is 1.36 bits per heavy atom. The molecular weight excluding hydrogens is 325 g/mol. The van der Waals surface area contributed by atoms with E-state index >= 15 is 0 Å². The molecule has 5 rings (SSSR count). The molecule has 0 spiro atoms. The molecule has 1 amide bonds. The van der Waals surface area contributed by atoms with Gasteiger partial charge in [0.25, 0.3) is 5.91 Å². The zero-order chi connectivity index (χ0) is 14.4. The Labute approximate surface area is 138 Å². The molecule has 4 nitrogen and oxygen atoms in total. The fourth-order valence-electron chi connectivity index (χ4n) is 3.35. The van der Waals surface area contributed by atoms with Gasteiger partial charge in [0.2, 0.25) is 0 Å². The number of hydrogen-bond donors (Lipinski definition) is 1. The summed E-state index contributed by atoms with van der Waals surface area (Å²) in [6.45, 7) is 3.24. The highest BCUT2D eigenvalue weighted by molar-refractivity contribution is 7.20. The Hall–Kier alpha value is -1.24. The van der Waals surface area contributed by atoms with Crippen molar-refractivity contribution in [2.75, 3.05) is 19.6 Å². The lowest BCUT2D eigenvalue weighted by molar-refractivity contribution is 0.0620. The summed E-state index contributed by atoms with van der Waals surface area (Å²) < 4.78 is 13.9. The summed E-state index contributed by atoms with van der Waals surface area (Å²) in [4.78, 5) is 19.1. The molecule has 3 aliphatic heterocycles. The molecule has 0 aliphatic carbocycles. The van der Waals surface area contributed by atoms with E-state index in [-0.39, 0.29) is 30.2 Å². The first kappa shape index (κ1) is 15.6. The van der Waals surface area contributed by atoms with Gasteiger partial charge in [-0.25, -0.2) is 9.37 Å². The van der Waals surface area contributed by atoms with E-state index in [0.29, 0.717) is 21.1 Å². The molecule has 0 radical (unpaired) electrons. The quantitative estimate of drug-likeness (QED) is 0.913. The van der Waals surface area contributed by atoms with Gasteiger partial charge in [-0.1, -0.05) is 0 Å². The average Bonchev–Trinajstić information content (AvgIpc) is 2.91. The number of nitrogens with zero attached hydrogens (tertiary/aromatic N) is 2. The number of hydrogen-bond acceptors (Lipinski definition) is 4. The lowest BCUT2D eigenvalue weighted by atomic mass is 9.84. The first-order chi connectivity index (χ1) is 10.2. The minimum atomic E-state index is -0.296. The molecule has 3 fully saturated rings. The van der Waals surface area contributed by atoms with Crippen molar-refractivity contribution in [1.82, 2.24) is 15.2 Å². The number of carbonyl (C=O) groups excluding carboxylic acids is 1. The van der Waals surface area contributed by atoms with Crippen molar-refractivity contribution in [3.63, 3.8) is 0 Å². The molecule has 4 heterocycles. The van der Waals surface area contributed by atoms with Crippen LogP contribution in [0.4, 0.5) is 4.39 Å². The predicted octanol–water partition coefficient (Wildman–Crippen LogP) is 2.68. The molecule has 3 saturated heterocycles. The maximum Gasteiger partial charge on any atom is 0.280 e. The van der Waals surface area contributed by atoms with Crippen molar-refractivity contribution in [3.8, 4) is 0 Å². The third-order valence-corrected chi connectivity index (χ3v) is 5.53. The number of amides is 1. The van der Waals surface area contributed by atoms with Crippen LogP contribution in [0.5, 0.6) is 0 Å². The van der Waals surface area contributed by atoms with E-state index in [1.807, 2.05) is 0 Å². The van der Waals surface area contributed by atoms with Crippen LogP contribution in [0.2, 0.25) is 0 Å². The second-order valence-corrected chi connectivity index (χ2v) is 6.88. The molecule has 1 atom stereocenters. The van der Waals surface area contributed by atoms with Gasteiger partial charge in [0.05, 0.1) is 10.2 Å². The fourth-order valence-corrected chi connectivity index (χ4v) is 4.25. The fraction of sp³-hybridized carbons (Fsp3) is 0.467. The number of thiazole rings is 1. The lowest BCUT2D eigenvalue weighted by Gasteiger charge is -2.44. The largest absolute Gasteiger partial charge is 0.346 e. The molecule has 22 heavy (non-hydrogen) atoms. The summed E-state index contributed by atoms with van der Waals surface area (Å²) in [5, 5.41) is 3.54. The summed E-state index contributed by atoms with van der Waals surface area (Å²) in [7, 11) is 0. The van der Waals surface area contributed by atoms with E-state index < -0.39 is 0 Å². The van der Waals surface area contributed by atoms with Gasteiger partial charge in [-0.2, -0.15) is 0 Å². The van der Waals surface area contributed by atoms with Gasteiger partial charge in [0.15, 0.2) is 5.01 Å². The zero-order valence-corrected chi connectivity index (χ0v) is 13.6. The summed E-state index contributed by atoms with van der Waals surface area (Å²) in [5.41, 5.74) is 0.681. The lowest BCUT2D eigenvalue weighted by Crippen LogP contribution is -2.57. The van der Waals surface area contributed by atoms with Crippen molar-refractivity contribution in [1.29, 1.82) is 0 Å². The number of aromatic nitrogens is 1. The number of carbonyl (C=O) groups is 1. The zero-order valence-electron chi connectivity index (χ0n) is 11.9. The van der Waals surface area contributed by atoms with E-state index in [9.17, 15) is 9.18 Å². The maximum absolute atomic E-state index is 13.2. The minimum absolute atomic E-state index is 0. The molecule has 1 aromatic carbocycles. The van der Waals surface area contributed by atoms with Gasteiger partial charge in [0, 0.05) is 12.6 Å². The van der Waals surface area contributed by atoms with Crippen LogP contribution in [0.15, 0.2) is 18.2 Å². The highest BCUT2D eigenvalue weighted by atomic mass is 35.5. The van der Waals surface area contributed by atoms with Gasteiger partial charge in [-0.05, 0) is 50.0 Å². The smallest absolute Gasteiger partial charge is 0.280 e. The van der Waals surface area contributed by atoms with Gasteiger partial charge < -0.3 is 10.2 Å². The van der Waals surface area contributed by atoms with Crippen molar-refractivity contribution >= 4 is 39.9 Å². The summed E-state index contributed by atoms with van der Waals surface area (Å²) in [6.07, 6.45) is 2.33. The third kappa shape index (κ3) is 2.83. The van der Waals surface area contributed by atoms with Crippen LogP contribution in [0.1, 0.15) is 22.6 Å². The molecule has 1 aromatic heterocycles. The molecule has 2 aromatic rings. The van der Waals surface area contributed by atoms with E-state index in [0.717, 1.165) is 32.5 Å². The second kappa shape index (κ2) is 6.10. The molecule has 3 aliphatic rings. The summed E-state index contributed by atoms with van der Waals surface area (Å²) in [6, 6.07) is 4.64. The minimum Gasteiger partial charge on any atom is -0.346 e. The molecule has 0 saturated carbocycles. The molecule has 118 valence electrons. The Bertz CT molecular complexity index is 699. The van der Waals surface area contributed by atoms with Crippen molar-refractivity contribution in [2.24, 2.45) is 5.92 Å². The van der Waals surface area contributed by atoms with Gasteiger partial charge in [-0.15, -0.1) is 23.7 Å². The van der Waals surface area contributed by atoms with Crippen LogP contribution in [-0.4, -0.2) is 41.5 Å². The van der Waals surface area contributed by atoms with Crippen molar-refractivity contribution < 1.29 is 9.18 Å². The van der Waals surface area contributed by atoms with E-state index in [2.05, 4.69) is 15.2 Å². The topological polar surface area (TPSA) is 45.2 Å². The van der Waals surface area contributed by atoms with Gasteiger partial charge in [-0.3, -0.25) is 4.79 Å². The monoisotopic (exact) mass is 341 g/mol. The average molecular weight is 342 g/mol. The first-order valence-electron chi connectivity index (χ1n) is 7.28. The second-order valence-electron chi connectivity index (χ2n) is 5.85. The highest BCUT2D eigenvalue weighted by Crippen LogP contribution is 2.28. The van der Waals surface area contributed by atoms with Crippen LogP contribution in [0.3, 0.4) is 0 Å².